The van der Waals surface area contributed by atoms with Crippen molar-refractivity contribution in [2.24, 2.45) is 0 Å². The molecule has 1 rings (SSSR count). The van der Waals surface area contributed by atoms with Gasteiger partial charge in [0.05, 0.1) is 10.6 Å². The molecule has 0 radical (unpaired) electrons. The maximum Gasteiger partial charge on any atom is 1.00 e. The van der Waals surface area contributed by atoms with Crippen molar-refractivity contribution < 1.29 is 47.5 Å². The van der Waals surface area contributed by atoms with E-state index in [1.54, 1.807) is 4.72 Å². The summed E-state index contributed by atoms with van der Waals surface area (Å²) in [6, 6.07) is 3.56. The Morgan fingerprint density at radius 1 is 1.38 bits per heavy atom. The average Bonchev–Trinajstić information content (AvgIpc) is 2.06. The summed E-state index contributed by atoms with van der Waals surface area (Å²) in [5, 5.41) is 10.4. The first-order chi connectivity index (χ1) is 6.79. The fourth-order valence-corrected chi connectivity index (χ4v) is 1.46. The number of aryl methyl sites for hydroxylation is 1. The predicted octanol–water partition coefficient (Wildman–Crippen LogP) is -2.22. The molecule has 9 heteroatoms. The van der Waals surface area contributed by atoms with Gasteiger partial charge in [-0.3, -0.25) is 14.8 Å². The number of nitro groups is 1. The van der Waals surface area contributed by atoms with Crippen LogP contribution in [-0.4, -0.2) is 17.9 Å². The van der Waals surface area contributed by atoms with E-state index in [1.165, 1.54) is 19.1 Å². The van der Waals surface area contributed by atoms with E-state index < -0.39 is 15.2 Å². The molecule has 7 nitrogen and oxygen atoms in total. The second-order valence-corrected chi connectivity index (χ2v) is 3.92. The Balaban J connectivity index is 0.00000225. The van der Waals surface area contributed by atoms with Crippen molar-refractivity contribution in [1.29, 1.82) is 0 Å². The Labute approximate surface area is 114 Å². The maximum atomic E-state index is 10.4. The van der Waals surface area contributed by atoms with Crippen LogP contribution in [0.2, 0.25) is 0 Å². The van der Waals surface area contributed by atoms with Gasteiger partial charge in [-0.25, -0.2) is 8.42 Å². The summed E-state index contributed by atoms with van der Waals surface area (Å²) in [5.74, 6) is 0. The normalized spacial score (nSPS) is 10.4. The van der Waals surface area contributed by atoms with Crippen molar-refractivity contribution in [1.82, 2.24) is 0 Å². The molecule has 0 heterocycles. The topological polar surface area (TPSA) is 112 Å². The summed E-state index contributed by atoms with van der Waals surface area (Å²) in [7, 11) is -4.66. The zero-order chi connectivity index (χ0) is 11.6. The number of rotatable bonds is 3. The van der Waals surface area contributed by atoms with Crippen LogP contribution >= 0.6 is 0 Å². The molecule has 1 aromatic carbocycles. The minimum Gasteiger partial charge on any atom is -0.731 e. The van der Waals surface area contributed by atoms with Crippen LogP contribution in [0.5, 0.6) is 0 Å². The molecule has 0 aromatic heterocycles. The van der Waals surface area contributed by atoms with Gasteiger partial charge >= 0.3 is 29.6 Å². The number of non-ortho nitro benzene ring substituents is 1. The summed E-state index contributed by atoms with van der Waals surface area (Å²) < 4.78 is 32.8. The van der Waals surface area contributed by atoms with Crippen LogP contribution < -0.4 is 34.3 Å². The molecule has 0 aliphatic heterocycles. The number of benzene rings is 1. The first-order valence-corrected chi connectivity index (χ1v) is 5.19. The van der Waals surface area contributed by atoms with E-state index in [-0.39, 0.29) is 40.9 Å². The van der Waals surface area contributed by atoms with Gasteiger partial charge < -0.3 is 4.55 Å². The largest absolute Gasteiger partial charge is 1.00 e. The fourth-order valence-electron chi connectivity index (χ4n) is 0.968. The molecule has 16 heavy (non-hydrogen) atoms. The van der Waals surface area contributed by atoms with Crippen LogP contribution in [0.25, 0.3) is 0 Å². The standard InChI is InChI=1S/C7H8N2O5S.Na/c1-5-2-3-6(9(10)11)4-7(5)8-15(12,13)14;/h2-4,8H,1H3,(H,12,13,14);/q;+1/p-1. The number of hydrogen-bond donors (Lipinski definition) is 1. The van der Waals surface area contributed by atoms with E-state index in [0.717, 1.165) is 6.07 Å². The smallest absolute Gasteiger partial charge is 0.731 e. The van der Waals surface area contributed by atoms with E-state index in [1.807, 2.05) is 0 Å². The van der Waals surface area contributed by atoms with Crippen molar-refractivity contribution in [3.8, 4) is 0 Å². The molecule has 0 atom stereocenters. The van der Waals surface area contributed by atoms with Crippen LogP contribution in [-0.2, 0) is 10.3 Å². The summed E-state index contributed by atoms with van der Waals surface area (Å²) in [6.45, 7) is 1.53. The molecule has 0 unspecified atom stereocenters. The molecule has 0 bridgehead atoms. The Morgan fingerprint density at radius 2 is 1.94 bits per heavy atom. The summed E-state index contributed by atoms with van der Waals surface area (Å²) in [5.41, 5.74) is 0.0611. The molecular weight excluding hydrogens is 247 g/mol. The van der Waals surface area contributed by atoms with Gasteiger partial charge in [0, 0.05) is 12.1 Å². The van der Waals surface area contributed by atoms with Crippen molar-refractivity contribution in [3.05, 3.63) is 33.9 Å². The molecule has 1 aromatic rings. The van der Waals surface area contributed by atoms with E-state index >= 15 is 0 Å². The number of anilines is 1. The Bertz CT molecular complexity index is 501. The average molecular weight is 254 g/mol. The first kappa shape index (κ1) is 15.3. The van der Waals surface area contributed by atoms with Crippen molar-refractivity contribution >= 4 is 21.7 Å². The summed E-state index contributed by atoms with van der Waals surface area (Å²) >= 11 is 0. The van der Waals surface area contributed by atoms with Crippen molar-refractivity contribution in [2.45, 2.75) is 6.92 Å². The van der Waals surface area contributed by atoms with Gasteiger partial charge in [-0.2, -0.15) is 0 Å². The van der Waals surface area contributed by atoms with E-state index in [0.29, 0.717) is 5.56 Å². The number of nitrogens with zero attached hydrogens (tertiary/aromatic N) is 1. The molecule has 1 N–H and O–H groups in total. The van der Waals surface area contributed by atoms with Gasteiger partial charge in [0.25, 0.3) is 5.69 Å². The van der Waals surface area contributed by atoms with Gasteiger partial charge in [0.15, 0.2) is 10.3 Å². The van der Waals surface area contributed by atoms with Crippen LogP contribution in [0.4, 0.5) is 11.4 Å². The van der Waals surface area contributed by atoms with Crippen LogP contribution in [0.1, 0.15) is 5.56 Å². The predicted molar refractivity (Wildman–Crippen MR) is 51.2 cm³/mol. The third-order valence-electron chi connectivity index (χ3n) is 1.67. The van der Waals surface area contributed by atoms with Gasteiger partial charge in [-0.15, -0.1) is 0 Å². The van der Waals surface area contributed by atoms with Gasteiger partial charge in [0.2, 0.25) is 0 Å². The van der Waals surface area contributed by atoms with Crippen molar-refractivity contribution in [3.63, 3.8) is 0 Å². The molecule has 0 aliphatic rings. The zero-order valence-electron chi connectivity index (χ0n) is 8.63. The molecular formula is C7H7N2NaO5S. The van der Waals surface area contributed by atoms with Gasteiger partial charge in [-0.1, -0.05) is 6.07 Å². The van der Waals surface area contributed by atoms with E-state index in [2.05, 4.69) is 0 Å². The Morgan fingerprint density at radius 3 is 2.38 bits per heavy atom. The van der Waals surface area contributed by atoms with Crippen LogP contribution in [0, 0.1) is 17.0 Å². The number of hydrogen-bond acceptors (Lipinski definition) is 5. The SMILES string of the molecule is Cc1ccc([N+](=O)[O-])cc1NS(=O)(=O)[O-].[Na+]. The second-order valence-electron chi connectivity index (χ2n) is 2.81. The maximum absolute atomic E-state index is 10.4. The fraction of sp³-hybridized carbons (Fsp3) is 0.143. The molecule has 0 saturated heterocycles. The first-order valence-electron chi connectivity index (χ1n) is 3.78. The van der Waals surface area contributed by atoms with Crippen LogP contribution in [0.15, 0.2) is 18.2 Å². The third-order valence-corrected chi connectivity index (χ3v) is 2.14. The Kier molecular flexibility index (Phi) is 5.36. The molecule has 0 spiro atoms. The Hall–Kier alpha value is -0.670. The number of nitrogens with one attached hydrogen (secondary N) is 1. The van der Waals surface area contributed by atoms with Crippen LogP contribution in [0.3, 0.4) is 0 Å². The quantitative estimate of drug-likeness (QED) is 0.284. The van der Waals surface area contributed by atoms with Gasteiger partial charge in [0.1, 0.15) is 0 Å². The molecule has 82 valence electrons. The summed E-state index contributed by atoms with van der Waals surface area (Å²) in [6.07, 6.45) is 0. The monoisotopic (exact) mass is 254 g/mol. The molecule has 0 aliphatic carbocycles. The van der Waals surface area contributed by atoms with E-state index in [9.17, 15) is 23.1 Å². The number of nitro benzene ring substituents is 1. The molecule has 0 fully saturated rings. The molecule has 0 amide bonds. The van der Waals surface area contributed by atoms with Gasteiger partial charge in [-0.05, 0) is 12.5 Å². The minimum absolute atomic E-state index is 0. The second kappa shape index (κ2) is 5.60. The third kappa shape index (κ3) is 4.45. The summed E-state index contributed by atoms with van der Waals surface area (Å²) in [4.78, 5) is 9.70. The minimum atomic E-state index is -4.66. The molecule has 0 saturated carbocycles. The van der Waals surface area contributed by atoms with Crippen molar-refractivity contribution in [2.75, 3.05) is 4.72 Å². The van der Waals surface area contributed by atoms with E-state index in [4.69, 9.17) is 0 Å². The zero-order valence-corrected chi connectivity index (χ0v) is 11.4.